The number of thiophene rings is 1. The Morgan fingerprint density at radius 2 is 2.07 bits per heavy atom. The van der Waals surface area contributed by atoms with E-state index in [9.17, 15) is 0 Å². The molecule has 1 saturated carbocycles. The van der Waals surface area contributed by atoms with Crippen molar-refractivity contribution in [2.24, 2.45) is 5.92 Å². The second kappa shape index (κ2) is 4.19. The first kappa shape index (κ1) is 10.3. The number of nitrogens with zero attached hydrogens (tertiary/aromatic N) is 1. The van der Waals surface area contributed by atoms with E-state index in [0.29, 0.717) is 0 Å². The van der Waals surface area contributed by atoms with Crippen LogP contribution in [-0.4, -0.2) is 17.5 Å². The van der Waals surface area contributed by atoms with Gasteiger partial charge in [-0.3, -0.25) is 4.90 Å². The van der Waals surface area contributed by atoms with E-state index in [1.807, 2.05) is 11.3 Å². The molecule has 15 heavy (non-hydrogen) atoms. The van der Waals surface area contributed by atoms with Crippen LogP contribution in [0.5, 0.6) is 0 Å². The summed E-state index contributed by atoms with van der Waals surface area (Å²) in [6.07, 6.45) is 5.85. The zero-order chi connectivity index (χ0) is 10.3. The van der Waals surface area contributed by atoms with Gasteiger partial charge in [0.05, 0.1) is 3.79 Å². The van der Waals surface area contributed by atoms with Gasteiger partial charge in [0.1, 0.15) is 0 Å². The molecule has 2 aliphatic heterocycles. The number of fused-ring (bicyclic) bond motifs is 3. The van der Waals surface area contributed by atoms with E-state index in [2.05, 4.69) is 33.0 Å². The van der Waals surface area contributed by atoms with Gasteiger partial charge in [0.15, 0.2) is 0 Å². The van der Waals surface area contributed by atoms with E-state index >= 15 is 0 Å². The Morgan fingerprint density at radius 3 is 2.60 bits per heavy atom. The van der Waals surface area contributed by atoms with Crippen LogP contribution in [0.1, 0.15) is 30.6 Å². The highest BCUT2D eigenvalue weighted by atomic mass is 79.9. The van der Waals surface area contributed by atoms with Crippen molar-refractivity contribution in [2.45, 2.75) is 38.3 Å². The molecule has 3 heterocycles. The van der Waals surface area contributed by atoms with Crippen LogP contribution in [0.2, 0.25) is 0 Å². The average molecular weight is 286 g/mol. The van der Waals surface area contributed by atoms with Crippen LogP contribution in [0.25, 0.3) is 0 Å². The molecule has 1 nitrogen and oxygen atoms in total. The topological polar surface area (TPSA) is 3.24 Å². The number of rotatable bonds is 2. The predicted molar refractivity (Wildman–Crippen MR) is 68.2 cm³/mol. The Hall–Kier alpha value is 0.140. The van der Waals surface area contributed by atoms with E-state index in [-0.39, 0.29) is 0 Å². The highest BCUT2D eigenvalue weighted by molar-refractivity contribution is 9.11. The largest absolute Gasteiger partial charge is 0.295 e. The lowest BCUT2D eigenvalue weighted by Crippen LogP contribution is -2.47. The predicted octanol–water partition coefficient (Wildman–Crippen LogP) is 3.89. The molecule has 2 saturated heterocycles. The van der Waals surface area contributed by atoms with Gasteiger partial charge in [-0.2, -0.15) is 0 Å². The molecule has 1 aromatic heterocycles. The first-order chi connectivity index (χ1) is 7.31. The molecule has 3 fully saturated rings. The summed E-state index contributed by atoms with van der Waals surface area (Å²) < 4.78 is 1.26. The fraction of sp³-hybridized carbons (Fsp3) is 0.667. The normalized spacial score (nSPS) is 31.0. The number of hydrogen-bond acceptors (Lipinski definition) is 2. The third kappa shape index (κ3) is 2.15. The molecule has 0 unspecified atom stereocenters. The van der Waals surface area contributed by atoms with Gasteiger partial charge < -0.3 is 0 Å². The van der Waals surface area contributed by atoms with Crippen LogP contribution in [0, 0.1) is 5.92 Å². The zero-order valence-electron chi connectivity index (χ0n) is 8.79. The Kier molecular flexibility index (Phi) is 2.88. The third-order valence-corrected chi connectivity index (χ3v) is 5.42. The molecule has 3 heteroatoms. The molecule has 0 radical (unpaired) electrons. The standard InChI is InChI=1S/C12H16BrNS/c13-12-6-5-11(15-12)8-14-7-9-1-3-10(14)4-2-9/h5-6,9-10H,1-4,7-8H2. The maximum absolute atomic E-state index is 3.54. The second-order valence-corrected chi connectivity index (χ2v) is 7.36. The Balaban J connectivity index is 1.68. The van der Waals surface area contributed by atoms with Crippen LogP contribution in [0.15, 0.2) is 15.9 Å². The van der Waals surface area contributed by atoms with Crippen LogP contribution in [-0.2, 0) is 6.54 Å². The molecule has 0 atom stereocenters. The summed E-state index contributed by atoms with van der Waals surface area (Å²) in [5, 5.41) is 0. The SMILES string of the molecule is Brc1ccc(CN2CC3CCC2CC3)s1. The minimum absolute atomic E-state index is 0.885. The van der Waals surface area contributed by atoms with E-state index in [1.165, 1.54) is 47.4 Å². The van der Waals surface area contributed by atoms with Crippen molar-refractivity contribution >= 4 is 27.3 Å². The molecule has 3 aliphatic rings. The van der Waals surface area contributed by atoms with E-state index < -0.39 is 0 Å². The molecule has 0 N–H and O–H groups in total. The van der Waals surface area contributed by atoms with Gasteiger partial charge in [0, 0.05) is 24.0 Å². The summed E-state index contributed by atoms with van der Waals surface area (Å²) in [5.74, 6) is 0.999. The first-order valence-electron chi connectivity index (χ1n) is 5.79. The zero-order valence-corrected chi connectivity index (χ0v) is 11.2. The summed E-state index contributed by atoms with van der Waals surface area (Å²) in [5.41, 5.74) is 0. The lowest BCUT2D eigenvalue weighted by atomic mass is 9.80. The van der Waals surface area contributed by atoms with E-state index in [1.54, 1.807) is 0 Å². The Labute approximate surface area is 104 Å². The number of halogens is 1. The minimum atomic E-state index is 0.885. The van der Waals surface area contributed by atoms with E-state index in [4.69, 9.17) is 0 Å². The molecule has 2 bridgehead atoms. The smallest absolute Gasteiger partial charge is 0.0701 e. The van der Waals surface area contributed by atoms with Gasteiger partial charge in [-0.25, -0.2) is 0 Å². The molecular formula is C12H16BrNS. The molecular weight excluding hydrogens is 270 g/mol. The number of hydrogen-bond donors (Lipinski definition) is 0. The maximum Gasteiger partial charge on any atom is 0.0701 e. The minimum Gasteiger partial charge on any atom is -0.295 e. The first-order valence-corrected chi connectivity index (χ1v) is 7.40. The summed E-state index contributed by atoms with van der Waals surface area (Å²) in [7, 11) is 0. The fourth-order valence-corrected chi connectivity index (χ4v) is 4.51. The Bertz CT molecular complexity index is 341. The van der Waals surface area contributed by atoms with Crippen LogP contribution in [0.4, 0.5) is 0 Å². The fourth-order valence-electron chi connectivity index (χ4n) is 3.00. The molecule has 0 amide bonds. The molecule has 1 aromatic rings. The molecule has 4 rings (SSSR count). The van der Waals surface area contributed by atoms with Crippen molar-refractivity contribution in [2.75, 3.05) is 6.54 Å². The van der Waals surface area contributed by atoms with Gasteiger partial charge in [0.25, 0.3) is 0 Å². The summed E-state index contributed by atoms with van der Waals surface area (Å²) >= 11 is 5.42. The van der Waals surface area contributed by atoms with Crippen molar-refractivity contribution in [3.05, 3.63) is 20.8 Å². The average Bonchev–Trinajstić information content (AvgIpc) is 2.66. The van der Waals surface area contributed by atoms with Crippen molar-refractivity contribution < 1.29 is 0 Å². The highest BCUT2D eigenvalue weighted by Crippen LogP contribution is 2.36. The molecule has 82 valence electrons. The second-order valence-electron chi connectivity index (χ2n) is 4.81. The molecule has 0 aromatic carbocycles. The summed E-state index contributed by atoms with van der Waals surface area (Å²) in [6.45, 7) is 2.53. The maximum atomic E-state index is 3.54. The van der Waals surface area contributed by atoms with Gasteiger partial charge >= 0.3 is 0 Å². The lowest BCUT2D eigenvalue weighted by molar-refractivity contribution is 0.0434. The van der Waals surface area contributed by atoms with Crippen molar-refractivity contribution in [3.8, 4) is 0 Å². The quantitative estimate of drug-likeness (QED) is 0.797. The lowest BCUT2D eigenvalue weighted by Gasteiger charge is -2.45. The number of piperidine rings is 2. The van der Waals surface area contributed by atoms with Crippen LogP contribution in [0.3, 0.4) is 0 Å². The Morgan fingerprint density at radius 1 is 1.27 bits per heavy atom. The monoisotopic (exact) mass is 285 g/mol. The third-order valence-electron chi connectivity index (χ3n) is 3.81. The molecule has 1 aliphatic carbocycles. The summed E-state index contributed by atoms with van der Waals surface area (Å²) in [4.78, 5) is 4.21. The van der Waals surface area contributed by atoms with Crippen LogP contribution >= 0.6 is 27.3 Å². The van der Waals surface area contributed by atoms with Gasteiger partial charge in [-0.05, 0) is 59.7 Å². The summed E-state index contributed by atoms with van der Waals surface area (Å²) in [6, 6.07) is 5.31. The van der Waals surface area contributed by atoms with Gasteiger partial charge in [-0.1, -0.05) is 0 Å². The van der Waals surface area contributed by atoms with Crippen molar-refractivity contribution in [1.29, 1.82) is 0 Å². The van der Waals surface area contributed by atoms with Crippen molar-refractivity contribution in [1.82, 2.24) is 4.90 Å². The highest BCUT2D eigenvalue weighted by Gasteiger charge is 2.33. The van der Waals surface area contributed by atoms with Gasteiger partial charge in [0.2, 0.25) is 0 Å². The van der Waals surface area contributed by atoms with E-state index in [0.717, 1.165) is 12.0 Å². The molecule has 0 spiro atoms. The van der Waals surface area contributed by atoms with Crippen LogP contribution < -0.4 is 0 Å². The van der Waals surface area contributed by atoms with Crippen molar-refractivity contribution in [3.63, 3.8) is 0 Å². The van der Waals surface area contributed by atoms with Gasteiger partial charge in [-0.15, -0.1) is 11.3 Å².